The second kappa shape index (κ2) is 7.70. The highest BCUT2D eigenvalue weighted by molar-refractivity contribution is 7.91. The summed E-state index contributed by atoms with van der Waals surface area (Å²) in [5, 5.41) is 1.80. The minimum atomic E-state index is -3.38. The van der Waals surface area contributed by atoms with E-state index in [2.05, 4.69) is 31.7 Å². The molecule has 0 unspecified atom stereocenters. The number of aromatic nitrogens is 2. The van der Waals surface area contributed by atoms with E-state index in [1.807, 2.05) is 6.07 Å². The van der Waals surface area contributed by atoms with E-state index in [1.165, 1.54) is 11.3 Å². The summed E-state index contributed by atoms with van der Waals surface area (Å²) in [7, 11) is -1.24. The van der Waals surface area contributed by atoms with Crippen molar-refractivity contribution in [2.45, 2.75) is 4.21 Å². The Bertz CT molecular complexity index is 857. The van der Waals surface area contributed by atoms with Crippen molar-refractivity contribution in [1.29, 1.82) is 0 Å². The van der Waals surface area contributed by atoms with Gasteiger partial charge in [0.15, 0.2) is 0 Å². The number of hydrogen-bond acceptors (Lipinski definition) is 8. The molecule has 2 aliphatic heterocycles. The lowest BCUT2D eigenvalue weighted by Gasteiger charge is -2.36. The van der Waals surface area contributed by atoms with Gasteiger partial charge in [-0.1, -0.05) is 6.07 Å². The number of nitrogens with zero attached hydrogens (tertiary/aromatic N) is 6. The Labute approximate surface area is 164 Å². The average Bonchev–Trinajstić information content (AvgIpc) is 3.25. The van der Waals surface area contributed by atoms with Crippen molar-refractivity contribution < 1.29 is 8.42 Å². The first-order valence-corrected chi connectivity index (χ1v) is 11.4. The van der Waals surface area contributed by atoms with Gasteiger partial charge in [-0.15, -0.1) is 11.3 Å². The Hall–Kier alpha value is -1.75. The number of piperazine rings is 2. The predicted octanol–water partition coefficient (Wildman–Crippen LogP) is 0.801. The van der Waals surface area contributed by atoms with Crippen molar-refractivity contribution in [2.24, 2.45) is 0 Å². The number of anilines is 2. The van der Waals surface area contributed by atoms with E-state index in [0.29, 0.717) is 30.4 Å². The fraction of sp³-hybridized carbons (Fsp3) is 0.529. The molecule has 0 spiro atoms. The lowest BCUT2D eigenvalue weighted by Crippen LogP contribution is -2.49. The molecule has 0 aliphatic carbocycles. The maximum atomic E-state index is 12.7. The summed E-state index contributed by atoms with van der Waals surface area (Å²) in [6.07, 6.45) is 1.61. The third-order valence-corrected chi connectivity index (χ3v) is 8.39. The van der Waals surface area contributed by atoms with E-state index >= 15 is 0 Å². The maximum Gasteiger partial charge on any atom is 0.252 e. The predicted molar refractivity (Wildman–Crippen MR) is 107 cm³/mol. The van der Waals surface area contributed by atoms with Gasteiger partial charge in [-0.05, 0) is 18.5 Å². The van der Waals surface area contributed by atoms with E-state index in [-0.39, 0.29) is 0 Å². The third kappa shape index (κ3) is 3.93. The average molecular weight is 409 g/mol. The van der Waals surface area contributed by atoms with Crippen LogP contribution in [0.4, 0.5) is 11.6 Å². The zero-order valence-electron chi connectivity index (χ0n) is 15.4. The summed E-state index contributed by atoms with van der Waals surface area (Å²) < 4.78 is 27.3. The summed E-state index contributed by atoms with van der Waals surface area (Å²) in [4.78, 5) is 15.6. The van der Waals surface area contributed by atoms with Crippen molar-refractivity contribution >= 4 is 33.0 Å². The van der Waals surface area contributed by atoms with Gasteiger partial charge in [0.05, 0.1) is 0 Å². The highest BCUT2D eigenvalue weighted by Gasteiger charge is 2.29. The third-order valence-electron chi connectivity index (χ3n) is 5.12. The van der Waals surface area contributed by atoms with E-state index in [9.17, 15) is 8.42 Å². The van der Waals surface area contributed by atoms with Crippen molar-refractivity contribution in [3.63, 3.8) is 0 Å². The molecule has 0 N–H and O–H groups in total. The number of hydrogen-bond donors (Lipinski definition) is 0. The van der Waals surface area contributed by atoms with Gasteiger partial charge in [-0.25, -0.2) is 18.4 Å². The number of likely N-dealkylation sites (N-methyl/N-ethyl adjacent to an activating group) is 1. The molecular weight excluding hydrogens is 384 g/mol. The van der Waals surface area contributed by atoms with Crippen molar-refractivity contribution in [3.8, 4) is 0 Å². The van der Waals surface area contributed by atoms with Crippen LogP contribution < -0.4 is 9.80 Å². The molecule has 0 saturated carbocycles. The Morgan fingerprint density at radius 1 is 0.926 bits per heavy atom. The molecule has 2 aromatic heterocycles. The molecule has 4 heterocycles. The molecule has 2 aliphatic rings. The maximum absolute atomic E-state index is 12.7. The van der Waals surface area contributed by atoms with Crippen LogP contribution in [0.25, 0.3) is 0 Å². The monoisotopic (exact) mass is 408 g/mol. The molecule has 0 aromatic carbocycles. The lowest BCUT2D eigenvalue weighted by atomic mass is 10.3. The minimum absolute atomic E-state index is 0.412. The molecule has 4 rings (SSSR count). The summed E-state index contributed by atoms with van der Waals surface area (Å²) in [5.41, 5.74) is 0. The van der Waals surface area contributed by atoms with Gasteiger partial charge in [-0.3, -0.25) is 0 Å². The highest BCUT2D eigenvalue weighted by atomic mass is 32.2. The summed E-state index contributed by atoms with van der Waals surface area (Å²) >= 11 is 1.27. The Kier molecular flexibility index (Phi) is 5.31. The van der Waals surface area contributed by atoms with Crippen LogP contribution in [-0.2, 0) is 10.0 Å². The topological polar surface area (TPSA) is 72.9 Å². The molecule has 0 radical (unpaired) electrons. The summed E-state index contributed by atoms with van der Waals surface area (Å²) in [6, 6.07) is 5.46. The lowest BCUT2D eigenvalue weighted by molar-refractivity contribution is 0.312. The van der Waals surface area contributed by atoms with E-state index in [4.69, 9.17) is 0 Å². The molecule has 27 heavy (non-hydrogen) atoms. The van der Waals surface area contributed by atoms with E-state index in [1.54, 1.807) is 28.1 Å². The standard InChI is InChI=1S/C17H24N6O2S2/c1-20-4-6-21(7-5-20)15-13-16(19-14-18-15)22-8-10-23(11-9-22)27(24,25)17-3-2-12-26-17/h2-3,12-14H,4-11H2,1H3. The fourth-order valence-electron chi connectivity index (χ4n) is 3.41. The number of rotatable bonds is 4. The summed E-state index contributed by atoms with van der Waals surface area (Å²) in [6.45, 7) is 6.16. The second-order valence-corrected chi connectivity index (χ2v) is 9.96. The molecule has 146 valence electrons. The Morgan fingerprint density at radius 2 is 1.52 bits per heavy atom. The first-order valence-electron chi connectivity index (χ1n) is 9.08. The molecule has 2 saturated heterocycles. The second-order valence-electron chi connectivity index (χ2n) is 6.85. The molecular formula is C17H24N6O2S2. The van der Waals surface area contributed by atoms with E-state index < -0.39 is 10.0 Å². The molecule has 0 atom stereocenters. The van der Waals surface area contributed by atoms with Gasteiger partial charge < -0.3 is 14.7 Å². The van der Waals surface area contributed by atoms with Crippen LogP contribution in [0.15, 0.2) is 34.1 Å². The van der Waals surface area contributed by atoms with Crippen molar-refractivity contribution in [3.05, 3.63) is 29.9 Å². The molecule has 2 aromatic rings. The zero-order chi connectivity index (χ0) is 18.9. The van der Waals surface area contributed by atoms with Crippen LogP contribution in [0, 0.1) is 0 Å². The largest absolute Gasteiger partial charge is 0.354 e. The van der Waals surface area contributed by atoms with Gasteiger partial charge in [0.1, 0.15) is 22.2 Å². The van der Waals surface area contributed by atoms with Crippen LogP contribution in [0.3, 0.4) is 0 Å². The van der Waals surface area contributed by atoms with Crippen molar-refractivity contribution in [1.82, 2.24) is 19.2 Å². The van der Waals surface area contributed by atoms with Crippen LogP contribution in [-0.4, -0.2) is 87.0 Å². The SMILES string of the molecule is CN1CCN(c2cc(N3CCN(S(=O)(=O)c4cccs4)CC3)ncn2)CC1. The smallest absolute Gasteiger partial charge is 0.252 e. The molecule has 10 heteroatoms. The first-order chi connectivity index (χ1) is 13.0. The van der Waals surface area contributed by atoms with Gasteiger partial charge in [0, 0.05) is 58.4 Å². The normalized spacial score (nSPS) is 20.2. The van der Waals surface area contributed by atoms with Crippen LogP contribution in [0.1, 0.15) is 0 Å². The molecule has 0 amide bonds. The number of thiophene rings is 1. The molecule has 2 fully saturated rings. The fourth-order valence-corrected chi connectivity index (χ4v) is 5.98. The summed E-state index contributed by atoms with van der Waals surface area (Å²) in [5.74, 6) is 1.81. The molecule has 0 bridgehead atoms. The quantitative estimate of drug-likeness (QED) is 0.741. The van der Waals surface area contributed by atoms with Gasteiger partial charge in [-0.2, -0.15) is 4.31 Å². The minimum Gasteiger partial charge on any atom is -0.354 e. The van der Waals surface area contributed by atoms with E-state index in [0.717, 1.165) is 37.8 Å². The van der Waals surface area contributed by atoms with Crippen LogP contribution >= 0.6 is 11.3 Å². The zero-order valence-corrected chi connectivity index (χ0v) is 17.0. The Balaban J connectivity index is 1.42. The van der Waals surface area contributed by atoms with Gasteiger partial charge in [0.2, 0.25) is 0 Å². The first kappa shape index (κ1) is 18.6. The number of sulfonamides is 1. The van der Waals surface area contributed by atoms with Gasteiger partial charge >= 0.3 is 0 Å². The highest BCUT2D eigenvalue weighted by Crippen LogP contribution is 2.24. The Morgan fingerprint density at radius 3 is 2.07 bits per heavy atom. The van der Waals surface area contributed by atoms with Crippen LogP contribution in [0.5, 0.6) is 0 Å². The van der Waals surface area contributed by atoms with Gasteiger partial charge in [0.25, 0.3) is 10.0 Å². The van der Waals surface area contributed by atoms with Crippen molar-refractivity contribution in [2.75, 3.05) is 69.2 Å². The van der Waals surface area contributed by atoms with Crippen LogP contribution in [0.2, 0.25) is 0 Å². The molecule has 8 nitrogen and oxygen atoms in total.